The zero-order chi connectivity index (χ0) is 18.8. The second-order valence-electron chi connectivity index (χ2n) is 7.10. The summed E-state index contributed by atoms with van der Waals surface area (Å²) in [5.41, 5.74) is 3.47. The minimum atomic E-state index is 0.634. The minimum Gasteiger partial charge on any atom is -0.304 e. The number of hydrogen-bond donors (Lipinski definition) is 0. The van der Waals surface area contributed by atoms with Gasteiger partial charge in [-0.15, -0.1) is 10.2 Å². The van der Waals surface area contributed by atoms with E-state index in [1.807, 2.05) is 30.3 Å². The molecule has 2 aromatic heterocycles. The van der Waals surface area contributed by atoms with E-state index < -0.39 is 0 Å². The summed E-state index contributed by atoms with van der Waals surface area (Å²) in [5, 5.41) is 15.0. The molecule has 0 unspecified atom stereocenters. The van der Waals surface area contributed by atoms with E-state index in [9.17, 15) is 0 Å². The van der Waals surface area contributed by atoms with Crippen LogP contribution in [0.4, 0.5) is 0 Å². The molecule has 142 valence electrons. The lowest BCUT2D eigenvalue weighted by molar-refractivity contribution is 0.148. The van der Waals surface area contributed by atoms with Gasteiger partial charge in [0.2, 0.25) is 5.65 Å². The van der Waals surface area contributed by atoms with Gasteiger partial charge >= 0.3 is 0 Å². The van der Waals surface area contributed by atoms with Crippen LogP contribution >= 0.6 is 11.6 Å². The van der Waals surface area contributed by atoms with Crippen LogP contribution in [0.2, 0.25) is 5.02 Å². The Morgan fingerprint density at radius 3 is 2.44 bits per heavy atom. The first-order valence-electron chi connectivity index (χ1n) is 9.55. The highest BCUT2D eigenvalue weighted by Gasteiger charge is 2.20. The lowest BCUT2D eigenvalue weighted by Crippen LogP contribution is -2.45. The number of nitrogens with zero attached hydrogens (tertiary/aromatic N) is 6. The lowest BCUT2D eigenvalue weighted by atomic mass is 10.1. The third-order valence-electron chi connectivity index (χ3n) is 5.32. The number of piperazine rings is 1. The predicted molar refractivity (Wildman–Crippen MR) is 109 cm³/mol. The van der Waals surface area contributed by atoms with Crippen LogP contribution in [-0.2, 0) is 13.0 Å². The van der Waals surface area contributed by atoms with Gasteiger partial charge in [-0.1, -0.05) is 48.9 Å². The highest BCUT2D eigenvalue weighted by molar-refractivity contribution is 6.37. The zero-order valence-electron chi connectivity index (χ0n) is 15.9. The van der Waals surface area contributed by atoms with Crippen LogP contribution in [0.5, 0.6) is 0 Å². The van der Waals surface area contributed by atoms with Crippen molar-refractivity contribution < 1.29 is 0 Å². The average Bonchev–Trinajstić information content (AvgIpc) is 3.07. The molecule has 0 atom stereocenters. The zero-order valence-corrected chi connectivity index (χ0v) is 16.7. The molecule has 0 N–H and O–H groups in total. The van der Waals surface area contributed by atoms with Gasteiger partial charge in [0.25, 0.3) is 0 Å². The van der Waals surface area contributed by atoms with E-state index in [2.05, 4.69) is 38.7 Å². The van der Waals surface area contributed by atoms with Crippen LogP contribution in [0, 0.1) is 0 Å². The first-order chi connectivity index (χ1) is 13.2. The molecule has 1 saturated heterocycles. The number of halogens is 1. The molecule has 27 heavy (non-hydrogen) atoms. The molecule has 3 aromatic rings. The van der Waals surface area contributed by atoms with E-state index in [4.69, 9.17) is 16.7 Å². The lowest BCUT2D eigenvalue weighted by Gasteiger charge is -2.32. The minimum absolute atomic E-state index is 0.634. The molecule has 0 saturated carbocycles. The van der Waals surface area contributed by atoms with Crippen molar-refractivity contribution in [3.05, 3.63) is 41.0 Å². The third-order valence-corrected chi connectivity index (χ3v) is 5.69. The van der Waals surface area contributed by atoms with E-state index >= 15 is 0 Å². The average molecular weight is 385 g/mol. The molecule has 0 aliphatic carbocycles. The van der Waals surface area contributed by atoms with Gasteiger partial charge in [0.15, 0.2) is 0 Å². The number of fused-ring (bicyclic) bond motifs is 1. The van der Waals surface area contributed by atoms with Crippen LogP contribution in [0.1, 0.15) is 12.6 Å². The number of rotatable bonds is 5. The normalized spacial score (nSPS) is 16.3. The molecular weight excluding hydrogens is 360 g/mol. The molecule has 3 heterocycles. The molecule has 1 fully saturated rings. The van der Waals surface area contributed by atoms with Gasteiger partial charge < -0.3 is 4.90 Å². The fraction of sp³-hybridized carbons (Fsp3) is 0.450. The van der Waals surface area contributed by atoms with Crippen molar-refractivity contribution in [1.82, 2.24) is 29.8 Å². The second kappa shape index (κ2) is 7.92. The molecule has 0 spiro atoms. The maximum Gasteiger partial charge on any atom is 0.204 e. The summed E-state index contributed by atoms with van der Waals surface area (Å²) in [7, 11) is 2.18. The van der Waals surface area contributed by atoms with E-state index in [0.29, 0.717) is 10.7 Å². The van der Waals surface area contributed by atoms with Crippen LogP contribution < -0.4 is 0 Å². The Kier molecular flexibility index (Phi) is 5.38. The van der Waals surface area contributed by atoms with Crippen LogP contribution in [-0.4, -0.2) is 69.5 Å². The molecule has 1 aromatic carbocycles. The molecule has 0 amide bonds. The summed E-state index contributed by atoms with van der Waals surface area (Å²) >= 11 is 6.77. The molecule has 0 bridgehead atoms. The summed E-state index contributed by atoms with van der Waals surface area (Å²) in [6.45, 7) is 8.45. The molecule has 1 aliphatic heterocycles. The van der Waals surface area contributed by atoms with Crippen LogP contribution in [0.3, 0.4) is 0 Å². The van der Waals surface area contributed by atoms with E-state index in [1.54, 1.807) is 0 Å². The standard InChI is InChI=1S/C20H25ClN6/c1-3-16-17-18(21)19(15-7-5-4-6-8-15)22-23-20(17)24-27(16)14-13-26-11-9-25(2)10-12-26/h4-8H,3,9-14H2,1-2H3. The fourth-order valence-corrected chi connectivity index (χ4v) is 4.01. The van der Waals surface area contributed by atoms with Gasteiger partial charge in [-0.3, -0.25) is 9.58 Å². The number of aryl methyl sites for hydroxylation is 1. The van der Waals surface area contributed by atoms with Crippen molar-refractivity contribution in [2.75, 3.05) is 39.8 Å². The van der Waals surface area contributed by atoms with Crippen molar-refractivity contribution >= 4 is 22.6 Å². The maximum atomic E-state index is 6.77. The van der Waals surface area contributed by atoms with Gasteiger partial charge in [-0.05, 0) is 13.5 Å². The second-order valence-corrected chi connectivity index (χ2v) is 7.47. The largest absolute Gasteiger partial charge is 0.304 e. The number of benzene rings is 1. The van der Waals surface area contributed by atoms with E-state index in [-0.39, 0.29) is 0 Å². The fourth-order valence-electron chi connectivity index (χ4n) is 3.67. The van der Waals surface area contributed by atoms with Crippen molar-refractivity contribution in [3.8, 4) is 11.3 Å². The van der Waals surface area contributed by atoms with Crippen LogP contribution in [0.25, 0.3) is 22.3 Å². The SMILES string of the molecule is CCc1c2c(Cl)c(-c3ccccc3)nnc2nn1CCN1CCN(C)CC1. The maximum absolute atomic E-state index is 6.77. The quantitative estimate of drug-likeness (QED) is 0.677. The predicted octanol–water partition coefficient (Wildman–Crippen LogP) is 2.96. The van der Waals surface area contributed by atoms with Crippen molar-refractivity contribution in [2.45, 2.75) is 19.9 Å². The first kappa shape index (κ1) is 18.3. The number of hydrogen-bond acceptors (Lipinski definition) is 5. The summed E-state index contributed by atoms with van der Waals surface area (Å²) in [5.74, 6) is 0. The van der Waals surface area contributed by atoms with E-state index in [1.165, 1.54) is 0 Å². The highest BCUT2D eigenvalue weighted by atomic mass is 35.5. The van der Waals surface area contributed by atoms with Crippen molar-refractivity contribution in [2.24, 2.45) is 0 Å². The summed E-state index contributed by atoms with van der Waals surface area (Å²) in [6, 6.07) is 9.96. The summed E-state index contributed by atoms with van der Waals surface area (Å²) < 4.78 is 2.07. The molecular formula is C20H25ClN6. The Morgan fingerprint density at radius 1 is 1.00 bits per heavy atom. The van der Waals surface area contributed by atoms with E-state index in [0.717, 1.165) is 68.0 Å². The Bertz CT molecular complexity index is 915. The van der Waals surface area contributed by atoms with Gasteiger partial charge in [0.1, 0.15) is 5.69 Å². The van der Waals surface area contributed by atoms with Crippen molar-refractivity contribution in [3.63, 3.8) is 0 Å². The molecule has 1 aliphatic rings. The van der Waals surface area contributed by atoms with Crippen LogP contribution in [0.15, 0.2) is 30.3 Å². The number of likely N-dealkylation sites (N-methyl/N-ethyl adjacent to an activating group) is 1. The van der Waals surface area contributed by atoms with Gasteiger partial charge in [-0.25, -0.2) is 0 Å². The Hall–Kier alpha value is -2.02. The molecule has 0 radical (unpaired) electrons. The monoisotopic (exact) mass is 384 g/mol. The first-order valence-corrected chi connectivity index (χ1v) is 9.93. The topological polar surface area (TPSA) is 50.1 Å². The highest BCUT2D eigenvalue weighted by Crippen LogP contribution is 2.33. The number of aromatic nitrogens is 4. The molecule has 7 heteroatoms. The Labute approximate surface area is 164 Å². The third kappa shape index (κ3) is 3.70. The van der Waals surface area contributed by atoms with Gasteiger partial charge in [0.05, 0.1) is 17.0 Å². The molecule has 4 rings (SSSR count). The van der Waals surface area contributed by atoms with Gasteiger partial charge in [-0.2, -0.15) is 5.10 Å². The Balaban J connectivity index is 1.63. The summed E-state index contributed by atoms with van der Waals surface area (Å²) in [6.07, 6.45) is 0.860. The van der Waals surface area contributed by atoms with Crippen molar-refractivity contribution in [1.29, 1.82) is 0 Å². The Morgan fingerprint density at radius 2 is 1.74 bits per heavy atom. The molecule has 6 nitrogen and oxygen atoms in total. The smallest absolute Gasteiger partial charge is 0.204 e. The summed E-state index contributed by atoms with van der Waals surface area (Å²) in [4.78, 5) is 4.87. The van der Waals surface area contributed by atoms with Gasteiger partial charge in [0, 0.05) is 44.0 Å².